The van der Waals surface area contributed by atoms with Crippen molar-refractivity contribution in [2.75, 3.05) is 18.1 Å². The molecule has 1 aromatic carbocycles. The third-order valence-electron chi connectivity index (χ3n) is 2.83. The monoisotopic (exact) mass is 256 g/mol. The summed E-state index contributed by atoms with van der Waals surface area (Å²) in [7, 11) is 1.85. The van der Waals surface area contributed by atoms with Gasteiger partial charge in [-0.2, -0.15) is 4.98 Å². The molecule has 0 amide bonds. The van der Waals surface area contributed by atoms with Crippen molar-refractivity contribution in [1.82, 2.24) is 19.9 Å². The van der Waals surface area contributed by atoms with Crippen LogP contribution in [-0.4, -0.2) is 27.0 Å². The molecule has 3 rings (SSSR count). The van der Waals surface area contributed by atoms with Crippen LogP contribution in [0.15, 0.2) is 29.1 Å². The first-order valence-electron chi connectivity index (χ1n) is 5.71. The number of imidazole rings is 1. The number of nitrogens with zero attached hydrogens (tertiary/aromatic N) is 2. The van der Waals surface area contributed by atoms with E-state index in [0.29, 0.717) is 17.0 Å². The number of H-pyrrole nitrogens is 2. The number of nitrogen functional groups attached to an aromatic ring is 1. The highest BCUT2D eigenvalue weighted by Crippen LogP contribution is 2.20. The second kappa shape index (κ2) is 4.13. The number of fused-ring (bicyclic) bond motifs is 1. The summed E-state index contributed by atoms with van der Waals surface area (Å²) < 4.78 is 0. The summed E-state index contributed by atoms with van der Waals surface area (Å²) in [4.78, 5) is 25.3. The number of nitrogens with one attached hydrogen (secondary N) is 3. The van der Waals surface area contributed by atoms with Gasteiger partial charge in [0, 0.05) is 18.3 Å². The highest BCUT2D eigenvalue weighted by Gasteiger charge is 2.09. The number of nitrogens with two attached hydrogens (primary N) is 1. The molecule has 0 bridgehead atoms. The van der Waals surface area contributed by atoms with Crippen LogP contribution in [0.2, 0.25) is 0 Å². The van der Waals surface area contributed by atoms with Crippen LogP contribution >= 0.6 is 0 Å². The Kier molecular flexibility index (Phi) is 2.45. The second-order valence-corrected chi connectivity index (χ2v) is 4.06. The minimum Gasteiger partial charge on any atom is -0.388 e. The molecular formula is C12H12N6O. The summed E-state index contributed by atoms with van der Waals surface area (Å²) >= 11 is 0. The molecule has 0 saturated carbocycles. The van der Waals surface area contributed by atoms with Crippen molar-refractivity contribution in [2.24, 2.45) is 0 Å². The van der Waals surface area contributed by atoms with Crippen molar-refractivity contribution < 1.29 is 0 Å². The van der Waals surface area contributed by atoms with Gasteiger partial charge >= 0.3 is 0 Å². The molecule has 3 aromatic rings. The molecule has 0 spiro atoms. The molecule has 19 heavy (non-hydrogen) atoms. The van der Waals surface area contributed by atoms with Crippen LogP contribution in [0.5, 0.6) is 0 Å². The number of aromatic nitrogens is 4. The van der Waals surface area contributed by atoms with Gasteiger partial charge < -0.3 is 16.0 Å². The van der Waals surface area contributed by atoms with E-state index in [1.165, 1.54) is 0 Å². The molecule has 96 valence electrons. The Bertz CT molecular complexity index is 786. The van der Waals surface area contributed by atoms with Crippen molar-refractivity contribution >= 4 is 22.8 Å². The van der Waals surface area contributed by atoms with Crippen LogP contribution < -0.4 is 16.6 Å². The second-order valence-electron chi connectivity index (χ2n) is 4.06. The number of rotatable bonds is 2. The third-order valence-corrected chi connectivity index (χ3v) is 2.83. The Balaban J connectivity index is 2.14. The maximum atomic E-state index is 11.7. The van der Waals surface area contributed by atoms with Crippen LogP contribution in [0.3, 0.4) is 0 Å². The number of hydrogen-bond acceptors (Lipinski definition) is 5. The van der Waals surface area contributed by atoms with Gasteiger partial charge in [0.05, 0.1) is 0 Å². The zero-order valence-electron chi connectivity index (χ0n) is 10.2. The molecule has 0 aliphatic heterocycles. The Morgan fingerprint density at radius 1 is 1.16 bits per heavy atom. The number of aromatic amines is 2. The minimum absolute atomic E-state index is 0.0566. The van der Waals surface area contributed by atoms with E-state index >= 15 is 0 Å². The summed E-state index contributed by atoms with van der Waals surface area (Å²) in [5.74, 6) is 0.641. The summed E-state index contributed by atoms with van der Waals surface area (Å²) in [6.45, 7) is 0. The van der Waals surface area contributed by atoms with Gasteiger partial charge in [0.1, 0.15) is 5.82 Å². The average Bonchev–Trinajstić information content (AvgIpc) is 2.83. The molecule has 0 aliphatic carbocycles. The van der Waals surface area contributed by atoms with Gasteiger partial charge in [0.2, 0.25) is 5.95 Å². The van der Waals surface area contributed by atoms with E-state index in [1.54, 1.807) is 0 Å². The molecule has 0 aliphatic rings. The molecule has 0 atom stereocenters. The van der Waals surface area contributed by atoms with Gasteiger partial charge in [-0.25, -0.2) is 4.98 Å². The number of benzene rings is 1. The fourth-order valence-corrected chi connectivity index (χ4v) is 1.86. The Hall–Kier alpha value is -2.83. The lowest BCUT2D eigenvalue weighted by Crippen LogP contribution is -2.10. The topological polar surface area (TPSA) is 112 Å². The smallest absolute Gasteiger partial charge is 0.278 e. The predicted molar refractivity (Wildman–Crippen MR) is 73.9 cm³/mol. The molecule has 7 nitrogen and oxygen atoms in total. The predicted octanol–water partition coefficient (Wildman–Crippen LogP) is 0.937. The van der Waals surface area contributed by atoms with Crippen LogP contribution in [-0.2, 0) is 0 Å². The van der Waals surface area contributed by atoms with Gasteiger partial charge in [0.25, 0.3) is 5.56 Å². The van der Waals surface area contributed by atoms with Gasteiger partial charge in [-0.3, -0.25) is 9.78 Å². The fourth-order valence-electron chi connectivity index (χ4n) is 1.86. The van der Waals surface area contributed by atoms with Crippen molar-refractivity contribution in [3.8, 4) is 11.4 Å². The Labute approximate surface area is 107 Å². The van der Waals surface area contributed by atoms with Crippen LogP contribution in [0.25, 0.3) is 22.6 Å². The first kappa shape index (κ1) is 11.3. The van der Waals surface area contributed by atoms with E-state index in [9.17, 15) is 4.79 Å². The van der Waals surface area contributed by atoms with Crippen molar-refractivity contribution in [1.29, 1.82) is 0 Å². The quantitative estimate of drug-likeness (QED) is 0.545. The van der Waals surface area contributed by atoms with Gasteiger partial charge in [-0.1, -0.05) is 0 Å². The molecule has 2 aromatic heterocycles. The number of hydrogen-bond donors (Lipinski definition) is 4. The summed E-state index contributed by atoms with van der Waals surface area (Å²) in [5, 5.41) is 3.03. The molecule has 5 N–H and O–H groups in total. The van der Waals surface area contributed by atoms with Crippen LogP contribution in [0.4, 0.5) is 11.6 Å². The van der Waals surface area contributed by atoms with Crippen molar-refractivity contribution in [3.63, 3.8) is 0 Å². The lowest BCUT2D eigenvalue weighted by Gasteiger charge is -2.00. The van der Waals surface area contributed by atoms with E-state index in [0.717, 1.165) is 11.3 Å². The van der Waals surface area contributed by atoms with E-state index in [2.05, 4.69) is 25.3 Å². The molecule has 0 saturated heterocycles. The number of anilines is 2. The average molecular weight is 256 g/mol. The molecule has 2 heterocycles. The highest BCUT2D eigenvalue weighted by molar-refractivity contribution is 5.76. The summed E-state index contributed by atoms with van der Waals surface area (Å²) in [5.41, 5.74) is 7.66. The van der Waals surface area contributed by atoms with E-state index < -0.39 is 0 Å². The van der Waals surface area contributed by atoms with Crippen LogP contribution in [0.1, 0.15) is 0 Å². The molecular weight excluding hydrogens is 244 g/mol. The third kappa shape index (κ3) is 1.90. The molecule has 0 unspecified atom stereocenters. The molecule has 7 heteroatoms. The van der Waals surface area contributed by atoms with Gasteiger partial charge in [0.15, 0.2) is 11.2 Å². The van der Waals surface area contributed by atoms with E-state index in [4.69, 9.17) is 5.73 Å². The van der Waals surface area contributed by atoms with E-state index in [-0.39, 0.29) is 11.5 Å². The first-order chi connectivity index (χ1) is 9.17. The highest BCUT2D eigenvalue weighted by atomic mass is 16.1. The Morgan fingerprint density at radius 2 is 1.89 bits per heavy atom. The van der Waals surface area contributed by atoms with Crippen molar-refractivity contribution in [2.45, 2.75) is 0 Å². The molecule has 0 fully saturated rings. The largest absolute Gasteiger partial charge is 0.388 e. The zero-order chi connectivity index (χ0) is 13.4. The molecule has 0 radical (unpaired) electrons. The lowest BCUT2D eigenvalue weighted by molar-refractivity contribution is 1.17. The Morgan fingerprint density at radius 3 is 2.58 bits per heavy atom. The maximum absolute atomic E-state index is 11.7. The first-order valence-corrected chi connectivity index (χ1v) is 5.71. The zero-order valence-corrected chi connectivity index (χ0v) is 10.2. The normalized spacial score (nSPS) is 10.8. The SMILES string of the molecule is CNc1ccc(-c2nc3nc(N)[nH]c(=O)c3[nH]2)cc1. The van der Waals surface area contributed by atoms with Crippen molar-refractivity contribution in [3.05, 3.63) is 34.6 Å². The standard InChI is InChI=1S/C12H12N6O/c1-14-7-4-2-6(3-5-7)9-15-8-10(16-9)17-12(13)18-11(8)19/h2-5,14H,1H3,(H4,13,15,16,17,18,19). The van der Waals surface area contributed by atoms with E-state index in [1.807, 2.05) is 31.3 Å². The summed E-state index contributed by atoms with van der Waals surface area (Å²) in [6.07, 6.45) is 0. The van der Waals surface area contributed by atoms with Crippen LogP contribution in [0, 0.1) is 0 Å². The lowest BCUT2D eigenvalue weighted by atomic mass is 10.2. The fraction of sp³-hybridized carbons (Fsp3) is 0.0833. The van der Waals surface area contributed by atoms with Gasteiger partial charge in [-0.15, -0.1) is 0 Å². The summed E-state index contributed by atoms with van der Waals surface area (Å²) in [6, 6.07) is 7.66. The maximum Gasteiger partial charge on any atom is 0.278 e. The van der Waals surface area contributed by atoms with Gasteiger partial charge in [-0.05, 0) is 24.3 Å². The minimum atomic E-state index is -0.326.